The Kier molecular flexibility index (Phi) is 7.26. The van der Waals surface area contributed by atoms with Crippen molar-refractivity contribution in [2.75, 3.05) is 62.0 Å². The molecule has 0 amide bonds. The van der Waals surface area contributed by atoms with Gasteiger partial charge in [0.05, 0.1) is 38.6 Å². The second kappa shape index (κ2) is 9.91. The summed E-state index contributed by atoms with van der Waals surface area (Å²) in [6.45, 7) is 13.4. The maximum absolute atomic E-state index is 6.43. The van der Waals surface area contributed by atoms with E-state index in [9.17, 15) is 0 Å². The van der Waals surface area contributed by atoms with Gasteiger partial charge in [0.25, 0.3) is 0 Å². The van der Waals surface area contributed by atoms with Gasteiger partial charge in [0.1, 0.15) is 6.17 Å². The third kappa shape index (κ3) is 4.83. The lowest BCUT2D eigenvalue weighted by Crippen LogP contribution is -2.45. The van der Waals surface area contributed by atoms with E-state index in [2.05, 4.69) is 118 Å². The summed E-state index contributed by atoms with van der Waals surface area (Å²) in [6.07, 6.45) is 8.26. The average molecular weight is 494 g/mol. The van der Waals surface area contributed by atoms with Crippen molar-refractivity contribution >= 4 is 28.7 Å². The summed E-state index contributed by atoms with van der Waals surface area (Å²) in [4.78, 5) is 7.36. The molecule has 0 aliphatic carbocycles. The van der Waals surface area contributed by atoms with Gasteiger partial charge < -0.3 is 19.2 Å². The Balaban J connectivity index is 1.62. The molecule has 2 aromatic rings. The Morgan fingerprint density at radius 1 is 1.00 bits per heavy atom. The molecule has 188 valence electrons. The van der Waals surface area contributed by atoms with Crippen molar-refractivity contribution in [2.45, 2.75) is 45.7 Å². The fraction of sp³-hybridized carbons (Fsp3) is 0.467. The summed E-state index contributed by atoms with van der Waals surface area (Å²) < 4.78 is 1.05. The minimum absolute atomic E-state index is 0.0182. The molecule has 4 rings (SSSR count). The van der Waals surface area contributed by atoms with Gasteiger partial charge in [-0.15, -0.1) is 0 Å². The fourth-order valence-electron chi connectivity index (χ4n) is 5.62. The van der Waals surface area contributed by atoms with E-state index in [-0.39, 0.29) is 11.6 Å². The van der Waals surface area contributed by atoms with Gasteiger partial charge in [0.15, 0.2) is 0 Å². The molecule has 0 N–H and O–H groups in total. The van der Waals surface area contributed by atoms with Crippen LogP contribution in [0.4, 0.5) is 17.1 Å². The van der Waals surface area contributed by atoms with Crippen LogP contribution in [0.5, 0.6) is 0 Å². The van der Waals surface area contributed by atoms with Crippen LogP contribution in [0.3, 0.4) is 0 Å². The highest BCUT2D eigenvalue weighted by Crippen LogP contribution is 2.47. The number of allylic oxidation sites excluding steroid dienone is 3. The first kappa shape index (κ1) is 25.7. The maximum atomic E-state index is 6.43. The molecule has 35 heavy (non-hydrogen) atoms. The Morgan fingerprint density at radius 3 is 2.43 bits per heavy atom. The second-order valence-electron chi connectivity index (χ2n) is 11.0. The zero-order chi connectivity index (χ0) is 25.4. The molecule has 4 nitrogen and oxygen atoms in total. The zero-order valence-corrected chi connectivity index (χ0v) is 23.3. The van der Waals surface area contributed by atoms with E-state index in [1.165, 1.54) is 34.9 Å². The number of fused-ring (bicyclic) bond motifs is 2. The lowest BCUT2D eigenvalue weighted by atomic mass is 9.84. The number of quaternary nitrogens is 1. The lowest BCUT2D eigenvalue weighted by Gasteiger charge is -2.32. The molecule has 0 radical (unpaired) electrons. The van der Waals surface area contributed by atoms with Crippen molar-refractivity contribution in [3.05, 3.63) is 77.0 Å². The maximum Gasteiger partial charge on any atom is 0.121 e. The third-order valence-corrected chi connectivity index (χ3v) is 8.27. The van der Waals surface area contributed by atoms with E-state index in [0.29, 0.717) is 0 Å². The van der Waals surface area contributed by atoms with E-state index in [1.807, 2.05) is 6.07 Å². The van der Waals surface area contributed by atoms with Crippen molar-refractivity contribution in [3.8, 4) is 0 Å². The summed E-state index contributed by atoms with van der Waals surface area (Å²) in [5.41, 5.74) is 6.51. The van der Waals surface area contributed by atoms with Crippen molar-refractivity contribution in [3.63, 3.8) is 0 Å². The minimum Gasteiger partial charge on any atom is -0.347 e. The van der Waals surface area contributed by atoms with Crippen LogP contribution in [-0.2, 0) is 5.41 Å². The topological polar surface area (TPSA) is 9.72 Å². The summed E-state index contributed by atoms with van der Waals surface area (Å²) in [7, 11) is 6.81. The Morgan fingerprint density at radius 2 is 1.74 bits per heavy atom. The Bertz CT molecular complexity index is 1120. The van der Waals surface area contributed by atoms with Crippen LogP contribution < -0.4 is 14.7 Å². The molecular weight excluding hydrogens is 452 g/mol. The number of nitrogens with zero attached hydrogens (tertiary/aromatic N) is 4. The molecule has 0 fully saturated rings. The molecule has 1 unspecified atom stereocenters. The van der Waals surface area contributed by atoms with Gasteiger partial charge in [-0.2, -0.15) is 0 Å². The van der Waals surface area contributed by atoms with Crippen LogP contribution in [0.2, 0.25) is 5.02 Å². The molecule has 0 spiro atoms. The first-order chi connectivity index (χ1) is 16.6. The average Bonchev–Trinajstić information content (AvgIpc) is 3.22. The summed E-state index contributed by atoms with van der Waals surface area (Å²) in [5, 5.41) is 0.796. The lowest BCUT2D eigenvalue weighted by molar-refractivity contribution is -0.888. The molecule has 0 saturated carbocycles. The van der Waals surface area contributed by atoms with E-state index in [4.69, 9.17) is 11.6 Å². The molecule has 2 aliphatic rings. The second-order valence-corrected chi connectivity index (χ2v) is 11.4. The van der Waals surface area contributed by atoms with Crippen molar-refractivity contribution in [1.29, 1.82) is 0 Å². The number of anilines is 3. The molecule has 5 heteroatoms. The number of hydrogen-bond acceptors (Lipinski definition) is 3. The van der Waals surface area contributed by atoms with Gasteiger partial charge in [0, 0.05) is 48.4 Å². The highest BCUT2D eigenvalue weighted by Gasteiger charge is 2.38. The highest BCUT2D eigenvalue weighted by atomic mass is 35.5. The number of likely N-dealkylation sites (N-methyl/N-ethyl adjacent to an activating group) is 2. The quantitative estimate of drug-likeness (QED) is 0.380. The number of hydrogen-bond donors (Lipinski definition) is 0. The van der Waals surface area contributed by atoms with Crippen molar-refractivity contribution in [2.24, 2.45) is 0 Å². The molecule has 2 aromatic carbocycles. The smallest absolute Gasteiger partial charge is 0.121 e. The number of para-hydroxylation sites is 1. The van der Waals surface area contributed by atoms with E-state index in [1.54, 1.807) is 0 Å². The molecule has 1 atom stereocenters. The van der Waals surface area contributed by atoms with Gasteiger partial charge in [-0.25, -0.2) is 0 Å². The Hall–Kier alpha value is -2.43. The molecular formula is C30H42ClN4+. The van der Waals surface area contributed by atoms with Gasteiger partial charge in [-0.3, -0.25) is 0 Å². The minimum atomic E-state index is -0.0182. The summed E-state index contributed by atoms with van der Waals surface area (Å²) in [5.74, 6) is 0. The van der Waals surface area contributed by atoms with Gasteiger partial charge in [-0.1, -0.05) is 49.7 Å². The van der Waals surface area contributed by atoms with E-state index in [0.717, 1.165) is 35.6 Å². The van der Waals surface area contributed by atoms with E-state index >= 15 is 0 Å². The van der Waals surface area contributed by atoms with Crippen molar-refractivity contribution in [1.82, 2.24) is 0 Å². The zero-order valence-electron chi connectivity index (χ0n) is 22.6. The summed E-state index contributed by atoms with van der Waals surface area (Å²) in [6, 6.07) is 15.1. The molecule has 0 bridgehead atoms. The predicted octanol–water partition coefficient (Wildman–Crippen LogP) is 6.67. The van der Waals surface area contributed by atoms with Crippen LogP contribution in [0.15, 0.2) is 66.4 Å². The van der Waals surface area contributed by atoms with Crippen LogP contribution >= 0.6 is 11.6 Å². The molecule has 2 aliphatic heterocycles. The number of rotatable bonds is 8. The highest BCUT2D eigenvalue weighted by molar-refractivity contribution is 6.31. The van der Waals surface area contributed by atoms with Gasteiger partial charge in [0.2, 0.25) is 0 Å². The van der Waals surface area contributed by atoms with Crippen LogP contribution in [-0.4, -0.2) is 58.0 Å². The van der Waals surface area contributed by atoms with Crippen LogP contribution in [0, 0.1) is 0 Å². The van der Waals surface area contributed by atoms with Gasteiger partial charge >= 0.3 is 0 Å². The first-order valence-electron chi connectivity index (χ1n) is 13.0. The normalized spacial score (nSPS) is 20.3. The monoisotopic (exact) mass is 493 g/mol. The molecule has 0 saturated heterocycles. The third-order valence-electron chi connectivity index (χ3n) is 8.03. The van der Waals surface area contributed by atoms with E-state index < -0.39 is 0 Å². The number of benzene rings is 2. The predicted molar refractivity (Wildman–Crippen MR) is 153 cm³/mol. The van der Waals surface area contributed by atoms with Crippen LogP contribution in [0.25, 0.3) is 0 Å². The Labute approximate surface area is 217 Å². The largest absolute Gasteiger partial charge is 0.347 e. The first-order valence-corrected chi connectivity index (χ1v) is 13.4. The number of halogens is 1. The van der Waals surface area contributed by atoms with Gasteiger partial charge in [-0.05, 0) is 55.8 Å². The molecule has 2 heterocycles. The van der Waals surface area contributed by atoms with Crippen LogP contribution in [0.1, 0.15) is 39.7 Å². The van der Waals surface area contributed by atoms with Crippen molar-refractivity contribution < 1.29 is 4.48 Å². The standard InChI is InChI=1S/C30H42ClN4/c1-8-33-27-22-23(31)18-19-26(27)34(20-13-21-35(6,7)9-2)29(33)17-12-16-28-30(3,4)24-14-10-11-15-25(24)32(28)5/h10-12,14-19,22,29H,8-9,13,20-21H2,1-7H3/q+1/b17-12+,28-16-. The molecule has 0 aromatic heterocycles. The summed E-state index contributed by atoms with van der Waals surface area (Å²) >= 11 is 6.43. The SMILES string of the molecule is CCN1c2cc(Cl)ccc2N(CCC[N+](C)(C)CC)C1/C=C/C=C1\N(C)c2ccccc2C1(C)C. The fourth-order valence-corrected chi connectivity index (χ4v) is 5.78.